The van der Waals surface area contributed by atoms with Gasteiger partial charge in [-0.15, -0.1) is 0 Å². The molecule has 1 saturated heterocycles. The van der Waals surface area contributed by atoms with Gasteiger partial charge in [-0.1, -0.05) is 6.07 Å². The van der Waals surface area contributed by atoms with Gasteiger partial charge in [0.2, 0.25) is 5.88 Å². The largest absolute Gasteiger partial charge is 0.472 e. The van der Waals surface area contributed by atoms with Gasteiger partial charge < -0.3 is 9.64 Å². The quantitative estimate of drug-likeness (QED) is 0.707. The zero-order valence-corrected chi connectivity index (χ0v) is 15.7. The Bertz CT molecular complexity index is 898. The lowest BCUT2D eigenvalue weighted by atomic mass is 10.1. The first-order valence-electron chi connectivity index (χ1n) is 9.28. The number of hydrogen-bond acceptors (Lipinski definition) is 6. The highest BCUT2D eigenvalue weighted by Gasteiger charge is 2.23. The number of hydrogen-bond donors (Lipinski definition) is 0. The summed E-state index contributed by atoms with van der Waals surface area (Å²) in [5.41, 5.74) is 3.06. The normalized spacial score (nSPS) is 17.0. The third-order valence-electron chi connectivity index (χ3n) is 4.65. The van der Waals surface area contributed by atoms with E-state index in [-0.39, 0.29) is 6.10 Å². The van der Waals surface area contributed by atoms with E-state index in [0.29, 0.717) is 5.88 Å². The zero-order chi connectivity index (χ0) is 18.6. The van der Waals surface area contributed by atoms with Crippen molar-refractivity contribution < 1.29 is 4.74 Å². The molecule has 0 spiro atoms. The van der Waals surface area contributed by atoms with Crippen molar-refractivity contribution in [3.8, 4) is 17.3 Å². The van der Waals surface area contributed by atoms with Gasteiger partial charge in [0.1, 0.15) is 11.9 Å². The van der Waals surface area contributed by atoms with E-state index < -0.39 is 0 Å². The molecule has 0 amide bonds. The average molecular weight is 361 g/mol. The van der Waals surface area contributed by atoms with Crippen molar-refractivity contribution in [3.63, 3.8) is 0 Å². The molecule has 1 aliphatic heterocycles. The Balaban J connectivity index is 1.52. The number of ether oxygens (including phenoxy) is 1. The van der Waals surface area contributed by atoms with Gasteiger partial charge in [-0.25, -0.2) is 15.0 Å². The molecule has 1 fully saturated rings. The van der Waals surface area contributed by atoms with Crippen LogP contribution in [0.5, 0.6) is 5.88 Å². The fourth-order valence-corrected chi connectivity index (χ4v) is 3.28. The van der Waals surface area contributed by atoms with Crippen LogP contribution < -0.4 is 9.64 Å². The van der Waals surface area contributed by atoms with Gasteiger partial charge in [0.05, 0.1) is 6.54 Å². The lowest BCUT2D eigenvalue weighted by Crippen LogP contribution is -2.41. The first-order valence-corrected chi connectivity index (χ1v) is 9.28. The smallest absolute Gasteiger partial charge is 0.213 e. The molecule has 4 heterocycles. The Morgan fingerprint density at radius 1 is 1.07 bits per heavy atom. The second-order valence-electron chi connectivity index (χ2n) is 6.93. The van der Waals surface area contributed by atoms with Gasteiger partial charge in [0, 0.05) is 48.5 Å². The van der Waals surface area contributed by atoms with E-state index in [1.807, 2.05) is 50.4 Å². The zero-order valence-electron chi connectivity index (χ0n) is 15.7. The van der Waals surface area contributed by atoms with E-state index >= 15 is 0 Å². The summed E-state index contributed by atoms with van der Waals surface area (Å²) in [5.74, 6) is 2.36. The molecule has 0 saturated carbocycles. The summed E-state index contributed by atoms with van der Waals surface area (Å²) in [6.07, 6.45) is 7.55. The summed E-state index contributed by atoms with van der Waals surface area (Å²) < 4.78 is 6.10. The van der Waals surface area contributed by atoms with Gasteiger partial charge in [-0.3, -0.25) is 4.98 Å². The van der Waals surface area contributed by atoms with Crippen LogP contribution in [0, 0.1) is 13.8 Å². The fraction of sp³-hybridized carbons (Fsp3) is 0.333. The van der Waals surface area contributed by atoms with Crippen LogP contribution in [-0.4, -0.2) is 39.1 Å². The van der Waals surface area contributed by atoms with Crippen LogP contribution in [0.1, 0.15) is 24.1 Å². The molecule has 6 nitrogen and oxygen atoms in total. The van der Waals surface area contributed by atoms with Crippen LogP contribution in [0.3, 0.4) is 0 Å². The molecule has 1 atom stereocenters. The summed E-state index contributed by atoms with van der Waals surface area (Å²) in [6, 6.07) is 9.87. The van der Waals surface area contributed by atoms with Crippen LogP contribution in [0.2, 0.25) is 0 Å². The van der Waals surface area contributed by atoms with Gasteiger partial charge >= 0.3 is 0 Å². The maximum atomic E-state index is 6.10. The molecule has 1 aliphatic rings. The summed E-state index contributed by atoms with van der Waals surface area (Å²) in [7, 11) is 0. The number of pyridine rings is 2. The average Bonchev–Trinajstić information content (AvgIpc) is 2.70. The first kappa shape index (κ1) is 17.4. The molecule has 138 valence electrons. The second-order valence-corrected chi connectivity index (χ2v) is 6.93. The summed E-state index contributed by atoms with van der Waals surface area (Å²) in [5, 5.41) is 0. The Hall–Kier alpha value is -3.02. The topological polar surface area (TPSA) is 64.0 Å². The molecule has 0 aromatic carbocycles. The molecule has 0 bridgehead atoms. The van der Waals surface area contributed by atoms with Crippen LogP contribution in [0.4, 0.5) is 5.82 Å². The van der Waals surface area contributed by atoms with Crippen LogP contribution in [0.25, 0.3) is 11.4 Å². The Kier molecular flexibility index (Phi) is 4.96. The highest BCUT2D eigenvalue weighted by atomic mass is 16.5. The summed E-state index contributed by atoms with van der Waals surface area (Å²) in [4.78, 5) is 20.1. The molecular formula is C21H23N5O. The Labute approximate surface area is 159 Å². The van der Waals surface area contributed by atoms with E-state index in [9.17, 15) is 0 Å². The standard InChI is InChI=1S/C21H23N5O/c1-15-5-6-20(23-13-15)27-18-4-3-11-26(14-18)19-12-16(2)24-21(25-19)17-7-9-22-10-8-17/h5-10,12-13,18H,3-4,11,14H2,1-2H3. The molecule has 3 aromatic heterocycles. The number of nitrogens with zero attached hydrogens (tertiary/aromatic N) is 5. The maximum absolute atomic E-state index is 6.10. The minimum Gasteiger partial charge on any atom is -0.472 e. The van der Waals surface area contributed by atoms with Crippen molar-refractivity contribution >= 4 is 5.82 Å². The van der Waals surface area contributed by atoms with Gasteiger partial charge in [0.15, 0.2) is 5.82 Å². The second kappa shape index (κ2) is 7.70. The third-order valence-corrected chi connectivity index (χ3v) is 4.65. The van der Waals surface area contributed by atoms with Crippen molar-refractivity contribution in [2.75, 3.05) is 18.0 Å². The SMILES string of the molecule is Cc1ccc(OC2CCCN(c3cc(C)nc(-c4ccncc4)n3)C2)nc1. The van der Waals surface area contributed by atoms with Crippen LogP contribution in [-0.2, 0) is 0 Å². The predicted molar refractivity (Wildman–Crippen MR) is 105 cm³/mol. The minimum atomic E-state index is 0.105. The fourth-order valence-electron chi connectivity index (χ4n) is 3.28. The number of aromatic nitrogens is 4. The number of piperidine rings is 1. The van der Waals surface area contributed by atoms with Crippen molar-refractivity contribution in [3.05, 3.63) is 60.2 Å². The molecule has 0 N–H and O–H groups in total. The monoisotopic (exact) mass is 361 g/mol. The van der Waals surface area contributed by atoms with Crippen molar-refractivity contribution in [2.24, 2.45) is 0 Å². The lowest BCUT2D eigenvalue weighted by Gasteiger charge is -2.33. The first-order chi connectivity index (χ1) is 13.2. The van der Waals surface area contributed by atoms with Gasteiger partial charge in [-0.05, 0) is 44.4 Å². The highest BCUT2D eigenvalue weighted by molar-refractivity contribution is 5.57. The Morgan fingerprint density at radius 2 is 1.93 bits per heavy atom. The van der Waals surface area contributed by atoms with E-state index in [1.165, 1.54) is 0 Å². The molecule has 0 radical (unpaired) electrons. The molecule has 0 aliphatic carbocycles. The van der Waals surface area contributed by atoms with Crippen molar-refractivity contribution in [1.82, 2.24) is 19.9 Å². The maximum Gasteiger partial charge on any atom is 0.213 e. The number of rotatable bonds is 4. The number of anilines is 1. The lowest BCUT2D eigenvalue weighted by molar-refractivity contribution is 0.172. The molecule has 4 rings (SSSR count). The molecule has 6 heteroatoms. The van der Waals surface area contributed by atoms with Gasteiger partial charge in [-0.2, -0.15) is 0 Å². The van der Waals surface area contributed by atoms with E-state index in [2.05, 4.69) is 19.9 Å². The van der Waals surface area contributed by atoms with E-state index in [0.717, 1.165) is 54.4 Å². The number of aryl methyl sites for hydroxylation is 2. The van der Waals surface area contributed by atoms with E-state index in [4.69, 9.17) is 9.72 Å². The van der Waals surface area contributed by atoms with Crippen LogP contribution in [0.15, 0.2) is 48.9 Å². The highest BCUT2D eigenvalue weighted by Crippen LogP contribution is 2.24. The molecule has 1 unspecified atom stereocenters. The van der Waals surface area contributed by atoms with E-state index in [1.54, 1.807) is 12.4 Å². The molecule has 27 heavy (non-hydrogen) atoms. The molecule has 3 aromatic rings. The Morgan fingerprint density at radius 3 is 2.70 bits per heavy atom. The summed E-state index contributed by atoms with van der Waals surface area (Å²) >= 11 is 0. The van der Waals surface area contributed by atoms with Crippen molar-refractivity contribution in [2.45, 2.75) is 32.8 Å². The van der Waals surface area contributed by atoms with Crippen molar-refractivity contribution in [1.29, 1.82) is 0 Å². The predicted octanol–water partition coefficient (Wildman–Crippen LogP) is 3.60. The molecular weight excluding hydrogens is 338 g/mol. The summed E-state index contributed by atoms with van der Waals surface area (Å²) in [6.45, 7) is 5.79. The third kappa shape index (κ3) is 4.22. The van der Waals surface area contributed by atoms with Gasteiger partial charge in [0.25, 0.3) is 0 Å². The minimum absolute atomic E-state index is 0.105. The van der Waals surface area contributed by atoms with Crippen LogP contribution >= 0.6 is 0 Å².